The lowest BCUT2D eigenvalue weighted by molar-refractivity contribution is -0.136. The van der Waals surface area contributed by atoms with Crippen LogP contribution >= 0.6 is 11.3 Å². The highest BCUT2D eigenvalue weighted by atomic mass is 32.1. The molecule has 4 heterocycles. The number of carbonyl (C=O) groups excluding carboxylic acids is 1. The van der Waals surface area contributed by atoms with Crippen LogP contribution < -0.4 is 0 Å². The van der Waals surface area contributed by atoms with Crippen LogP contribution in [0, 0.1) is 0 Å². The molecule has 0 radical (unpaired) electrons. The molecule has 6 nitrogen and oxygen atoms in total. The second-order valence-electron chi connectivity index (χ2n) is 6.71. The van der Waals surface area contributed by atoms with Crippen LogP contribution in [0.5, 0.6) is 0 Å². The number of fused-ring (bicyclic) bond motifs is 2. The fourth-order valence-electron chi connectivity index (χ4n) is 3.50. The highest BCUT2D eigenvalue weighted by Crippen LogP contribution is 2.33. The summed E-state index contributed by atoms with van der Waals surface area (Å²) in [5.41, 5.74) is 1.20. The maximum absolute atomic E-state index is 12.7. The minimum Gasteiger partial charge on any atom is -0.373 e. The molecule has 2 aromatic heterocycles. The van der Waals surface area contributed by atoms with E-state index in [0.29, 0.717) is 32.0 Å². The van der Waals surface area contributed by atoms with Crippen LogP contribution in [0.1, 0.15) is 54.4 Å². The summed E-state index contributed by atoms with van der Waals surface area (Å²) in [6.07, 6.45) is 1.27. The van der Waals surface area contributed by atoms with Crippen molar-refractivity contribution in [1.29, 1.82) is 0 Å². The average Bonchev–Trinajstić information content (AvgIpc) is 3.21. The predicted molar refractivity (Wildman–Crippen MR) is 90.9 cm³/mol. The van der Waals surface area contributed by atoms with Crippen LogP contribution in [0.25, 0.3) is 0 Å². The third kappa shape index (κ3) is 2.75. The van der Waals surface area contributed by atoms with Crippen molar-refractivity contribution in [3.05, 3.63) is 33.5 Å². The Morgan fingerprint density at radius 3 is 3.12 bits per heavy atom. The summed E-state index contributed by atoms with van der Waals surface area (Å²) in [6, 6.07) is 2.10. The van der Waals surface area contributed by atoms with E-state index in [9.17, 15) is 4.79 Å². The quantitative estimate of drug-likeness (QED) is 0.857. The number of hydrogen-bond acceptors (Lipinski definition) is 5. The normalized spacial score (nSPS) is 20.1. The summed E-state index contributed by atoms with van der Waals surface area (Å²) in [7, 11) is 0. The van der Waals surface area contributed by atoms with E-state index in [-0.39, 0.29) is 12.0 Å². The van der Waals surface area contributed by atoms with E-state index in [2.05, 4.69) is 40.1 Å². The SMILES string of the molecule is CC(C)c1nnc2n1CCN(C(=O)C[C@@H]1OCCc3sccc31)C2. The summed E-state index contributed by atoms with van der Waals surface area (Å²) in [4.78, 5) is 16.0. The Morgan fingerprint density at radius 2 is 2.29 bits per heavy atom. The Bertz CT molecular complexity index is 752. The van der Waals surface area contributed by atoms with Crippen LogP contribution in [-0.4, -0.2) is 38.7 Å². The number of carbonyl (C=O) groups is 1. The topological polar surface area (TPSA) is 60.2 Å². The Labute approximate surface area is 145 Å². The Hall–Kier alpha value is -1.73. The van der Waals surface area contributed by atoms with Crippen molar-refractivity contribution in [2.45, 2.75) is 51.8 Å². The maximum atomic E-state index is 12.7. The molecule has 0 unspecified atom stereocenters. The van der Waals surface area contributed by atoms with Gasteiger partial charge in [0.15, 0.2) is 5.82 Å². The molecule has 7 heteroatoms. The lowest BCUT2D eigenvalue weighted by atomic mass is 10.0. The molecule has 2 aromatic rings. The van der Waals surface area contributed by atoms with Gasteiger partial charge in [0.05, 0.1) is 25.7 Å². The second kappa shape index (κ2) is 6.29. The first-order valence-corrected chi connectivity index (χ1v) is 9.39. The molecule has 1 atom stereocenters. The van der Waals surface area contributed by atoms with E-state index >= 15 is 0 Å². The number of hydrogen-bond donors (Lipinski definition) is 0. The van der Waals surface area contributed by atoms with E-state index in [1.807, 2.05) is 4.90 Å². The highest BCUT2D eigenvalue weighted by Gasteiger charge is 2.29. The van der Waals surface area contributed by atoms with E-state index < -0.39 is 0 Å². The summed E-state index contributed by atoms with van der Waals surface area (Å²) in [5, 5.41) is 10.6. The molecule has 4 rings (SSSR count). The molecular formula is C17H22N4O2S. The zero-order chi connectivity index (χ0) is 16.7. The van der Waals surface area contributed by atoms with Crippen LogP contribution in [0.2, 0.25) is 0 Å². The first-order chi connectivity index (χ1) is 11.6. The molecule has 1 amide bonds. The Balaban J connectivity index is 1.45. The number of rotatable bonds is 3. The van der Waals surface area contributed by atoms with Gasteiger partial charge in [-0.15, -0.1) is 21.5 Å². The van der Waals surface area contributed by atoms with E-state index in [1.165, 1.54) is 10.4 Å². The van der Waals surface area contributed by atoms with E-state index in [1.54, 1.807) is 11.3 Å². The molecule has 0 saturated carbocycles. The number of nitrogens with zero attached hydrogens (tertiary/aromatic N) is 4. The molecule has 2 aliphatic heterocycles. The summed E-state index contributed by atoms with van der Waals surface area (Å²) < 4.78 is 8.01. The Kier molecular flexibility index (Phi) is 4.14. The van der Waals surface area contributed by atoms with E-state index in [4.69, 9.17) is 4.74 Å². The van der Waals surface area contributed by atoms with Crippen LogP contribution in [0.4, 0.5) is 0 Å². The van der Waals surface area contributed by atoms with Crippen LogP contribution in [-0.2, 0) is 29.0 Å². The van der Waals surface area contributed by atoms with Gasteiger partial charge in [0.25, 0.3) is 0 Å². The fourth-order valence-corrected chi connectivity index (χ4v) is 4.42. The van der Waals surface area contributed by atoms with Crippen LogP contribution in [0.15, 0.2) is 11.4 Å². The van der Waals surface area contributed by atoms with Gasteiger partial charge in [-0.1, -0.05) is 13.8 Å². The van der Waals surface area contributed by atoms with Crippen molar-refractivity contribution in [1.82, 2.24) is 19.7 Å². The molecule has 0 spiro atoms. The van der Waals surface area contributed by atoms with Gasteiger partial charge in [-0.3, -0.25) is 4.79 Å². The number of amides is 1. The average molecular weight is 346 g/mol. The summed E-state index contributed by atoms with van der Waals surface area (Å²) in [5.74, 6) is 2.38. The van der Waals surface area contributed by atoms with Gasteiger partial charge in [-0.05, 0) is 17.0 Å². The van der Waals surface area contributed by atoms with Crippen molar-refractivity contribution in [2.24, 2.45) is 0 Å². The molecular weight excluding hydrogens is 324 g/mol. The van der Waals surface area contributed by atoms with Gasteiger partial charge >= 0.3 is 0 Å². The zero-order valence-electron chi connectivity index (χ0n) is 14.1. The third-order valence-electron chi connectivity index (χ3n) is 4.79. The minimum atomic E-state index is -0.0986. The van der Waals surface area contributed by atoms with Crippen molar-refractivity contribution >= 4 is 17.2 Å². The van der Waals surface area contributed by atoms with Crippen molar-refractivity contribution in [3.63, 3.8) is 0 Å². The first kappa shape index (κ1) is 15.8. The molecule has 0 bridgehead atoms. The van der Waals surface area contributed by atoms with Gasteiger partial charge in [0, 0.05) is 30.3 Å². The molecule has 0 aliphatic carbocycles. The van der Waals surface area contributed by atoms with Gasteiger partial charge in [0.1, 0.15) is 5.82 Å². The van der Waals surface area contributed by atoms with Gasteiger partial charge in [-0.25, -0.2) is 0 Å². The third-order valence-corrected chi connectivity index (χ3v) is 5.78. The molecule has 0 fully saturated rings. The lowest BCUT2D eigenvalue weighted by Crippen LogP contribution is -2.39. The lowest BCUT2D eigenvalue weighted by Gasteiger charge is -2.30. The van der Waals surface area contributed by atoms with Crippen LogP contribution in [0.3, 0.4) is 0 Å². The van der Waals surface area contributed by atoms with Gasteiger partial charge < -0.3 is 14.2 Å². The number of thiophene rings is 1. The standard InChI is InChI=1S/C17H22N4O2S/c1-11(2)17-19-18-15-10-20(5-6-21(15)17)16(22)9-13-12-4-8-24-14(12)3-7-23-13/h4,8,11,13H,3,5-7,9-10H2,1-2H3/t13-/m0/s1. The molecule has 24 heavy (non-hydrogen) atoms. The molecule has 0 saturated heterocycles. The van der Waals surface area contributed by atoms with Crippen molar-refractivity contribution in [3.8, 4) is 0 Å². The largest absolute Gasteiger partial charge is 0.373 e. The molecule has 0 N–H and O–H groups in total. The number of ether oxygens (including phenoxy) is 1. The summed E-state index contributed by atoms with van der Waals surface area (Å²) in [6.45, 7) is 6.98. The Morgan fingerprint density at radius 1 is 1.42 bits per heavy atom. The fraction of sp³-hybridized carbons (Fsp3) is 0.588. The number of aromatic nitrogens is 3. The van der Waals surface area contributed by atoms with Crippen molar-refractivity contribution < 1.29 is 9.53 Å². The first-order valence-electron chi connectivity index (χ1n) is 8.51. The monoisotopic (exact) mass is 346 g/mol. The van der Waals surface area contributed by atoms with E-state index in [0.717, 1.165) is 24.6 Å². The van der Waals surface area contributed by atoms with Gasteiger partial charge in [0.2, 0.25) is 5.91 Å². The predicted octanol–water partition coefficient (Wildman–Crippen LogP) is 2.51. The maximum Gasteiger partial charge on any atom is 0.226 e. The van der Waals surface area contributed by atoms with Gasteiger partial charge in [-0.2, -0.15) is 0 Å². The summed E-state index contributed by atoms with van der Waals surface area (Å²) >= 11 is 1.76. The smallest absolute Gasteiger partial charge is 0.226 e. The highest BCUT2D eigenvalue weighted by molar-refractivity contribution is 7.10. The molecule has 0 aromatic carbocycles. The van der Waals surface area contributed by atoms with Crippen molar-refractivity contribution in [2.75, 3.05) is 13.2 Å². The second-order valence-corrected chi connectivity index (χ2v) is 7.71. The molecule has 128 valence electrons. The molecule has 2 aliphatic rings. The zero-order valence-corrected chi connectivity index (χ0v) is 14.9. The minimum absolute atomic E-state index is 0.0986.